The van der Waals surface area contributed by atoms with Crippen molar-refractivity contribution < 1.29 is 37.8 Å². The van der Waals surface area contributed by atoms with E-state index in [4.69, 9.17) is 37.7 Å². The maximum atomic E-state index is 15.3. The second kappa shape index (κ2) is 13.7. The zero-order valence-electron chi connectivity index (χ0n) is 26.3. The van der Waals surface area contributed by atoms with Crippen molar-refractivity contribution in [1.29, 1.82) is 0 Å². The van der Waals surface area contributed by atoms with Crippen LogP contribution in [-0.4, -0.2) is 61.6 Å². The van der Waals surface area contributed by atoms with Crippen LogP contribution >= 0.6 is 23.2 Å². The van der Waals surface area contributed by atoms with Crippen molar-refractivity contribution in [2.45, 2.75) is 51.0 Å². The zero-order chi connectivity index (χ0) is 34.2. The Balaban J connectivity index is 1.22. The molecule has 12 nitrogen and oxygen atoms in total. The first-order valence-corrected chi connectivity index (χ1v) is 16.4. The number of benzene rings is 2. The van der Waals surface area contributed by atoms with Crippen LogP contribution < -0.4 is 16.0 Å². The SMILES string of the molecule is COC(=O)Nc1ccc2c(c1)NC(=O)[C@H](C)CCCC(C(=O)OCN1CCC[C@@]3(C1)OC(=O)Nc1ccc(Cl)c(F)c13)C1=NC2=C(Cl)C1. The van der Waals surface area contributed by atoms with Gasteiger partial charge in [0.25, 0.3) is 0 Å². The molecule has 0 aromatic heterocycles. The van der Waals surface area contributed by atoms with Crippen molar-refractivity contribution in [3.63, 3.8) is 0 Å². The van der Waals surface area contributed by atoms with Crippen LogP contribution in [0.15, 0.2) is 40.4 Å². The summed E-state index contributed by atoms with van der Waals surface area (Å²) in [5, 5.41) is 8.37. The number of halogens is 3. The number of allylic oxidation sites excluding steroid dienone is 1. The second-order valence-corrected chi connectivity index (χ2v) is 13.2. The van der Waals surface area contributed by atoms with Crippen molar-refractivity contribution >= 4 is 75.7 Å². The summed E-state index contributed by atoms with van der Waals surface area (Å²) in [6.45, 7) is 2.30. The fourth-order valence-electron chi connectivity index (χ4n) is 6.66. The number of esters is 1. The molecule has 2 aromatic rings. The van der Waals surface area contributed by atoms with Crippen LogP contribution in [0, 0.1) is 17.7 Å². The minimum atomic E-state index is -1.30. The van der Waals surface area contributed by atoms with Gasteiger partial charge in [-0.2, -0.15) is 0 Å². The van der Waals surface area contributed by atoms with Crippen molar-refractivity contribution in [3.8, 4) is 0 Å². The summed E-state index contributed by atoms with van der Waals surface area (Å²) in [6, 6.07) is 7.84. The Morgan fingerprint density at radius 2 is 1.96 bits per heavy atom. The number of nitrogens with one attached hydrogen (secondary N) is 3. The van der Waals surface area contributed by atoms with E-state index in [2.05, 4.69) is 20.7 Å². The number of methoxy groups -OCH3 is 1. The number of hydrogen-bond acceptors (Lipinski definition) is 9. The van der Waals surface area contributed by atoms with Gasteiger partial charge in [0, 0.05) is 42.4 Å². The number of carbonyl (C=O) groups excluding carboxylic acids is 4. The number of likely N-dealkylation sites (tertiary alicyclic amines) is 1. The Morgan fingerprint density at radius 1 is 1.15 bits per heavy atom. The summed E-state index contributed by atoms with van der Waals surface area (Å²) < 4.78 is 31.6. The molecule has 3 amide bonds. The van der Waals surface area contributed by atoms with E-state index in [-0.39, 0.29) is 42.1 Å². The standard InChI is InChI=1S/C33H34Cl2FN5O7/c1-17-5-3-6-20(25-14-22(35)28(38-25)19-8-7-18(37-31(44)46-2)13-24(19)39-29(17)42)30(43)47-16-41-12-4-11-33(15-41)26-23(40-32(45)48-33)10-9-21(34)27(26)36/h7-10,13,17,20H,3-6,11-12,14-16H2,1-2H3,(H,37,44)(H,39,42)(H,40,45)/t17-,20?,33+/m1/s1. The third kappa shape index (κ3) is 6.71. The number of nitrogens with zero attached hydrogens (tertiary/aromatic N) is 2. The molecular formula is C33H34Cl2FN5O7. The van der Waals surface area contributed by atoms with Crippen LogP contribution in [-0.2, 0) is 29.4 Å². The minimum absolute atomic E-state index is 0.0874. The van der Waals surface area contributed by atoms with Gasteiger partial charge in [-0.3, -0.25) is 30.1 Å². The molecule has 48 heavy (non-hydrogen) atoms. The topological polar surface area (TPSA) is 148 Å². The number of piperidine rings is 1. The van der Waals surface area contributed by atoms with Crippen LogP contribution in [0.1, 0.15) is 56.6 Å². The monoisotopic (exact) mass is 701 g/mol. The molecule has 4 heterocycles. The Hall–Kier alpha value is -4.20. The number of anilines is 3. The lowest BCUT2D eigenvalue weighted by atomic mass is 9.83. The highest BCUT2D eigenvalue weighted by molar-refractivity contribution is 6.36. The van der Waals surface area contributed by atoms with E-state index in [0.717, 1.165) is 0 Å². The number of aliphatic imine (C=N–C) groups is 1. The molecule has 1 spiro atoms. The van der Waals surface area contributed by atoms with E-state index in [1.54, 1.807) is 36.1 Å². The normalized spacial score (nSPS) is 24.1. The van der Waals surface area contributed by atoms with E-state index >= 15 is 4.39 Å². The highest BCUT2D eigenvalue weighted by Crippen LogP contribution is 2.45. The molecule has 2 bridgehead atoms. The van der Waals surface area contributed by atoms with Gasteiger partial charge in [0.1, 0.15) is 6.73 Å². The molecule has 1 unspecified atom stereocenters. The fraction of sp³-hybridized carbons (Fsp3) is 0.424. The van der Waals surface area contributed by atoms with E-state index in [9.17, 15) is 19.2 Å². The summed E-state index contributed by atoms with van der Waals surface area (Å²) in [7, 11) is 1.25. The van der Waals surface area contributed by atoms with Crippen molar-refractivity contribution in [2.24, 2.45) is 16.8 Å². The lowest BCUT2D eigenvalue weighted by molar-refractivity contribution is -0.155. The van der Waals surface area contributed by atoms with Gasteiger partial charge >= 0.3 is 18.2 Å². The Bertz CT molecular complexity index is 1750. The van der Waals surface area contributed by atoms with Crippen LogP contribution in [0.2, 0.25) is 5.02 Å². The summed E-state index contributed by atoms with van der Waals surface area (Å²) in [6.07, 6.45) is 1.18. The van der Waals surface area contributed by atoms with Gasteiger partial charge in [0.2, 0.25) is 5.91 Å². The maximum absolute atomic E-state index is 15.3. The average molecular weight is 703 g/mol. The molecule has 0 aliphatic carbocycles. The molecule has 6 rings (SSSR count). The van der Waals surface area contributed by atoms with Gasteiger partial charge in [-0.25, -0.2) is 14.0 Å². The predicted molar refractivity (Wildman–Crippen MR) is 177 cm³/mol. The lowest BCUT2D eigenvalue weighted by Crippen LogP contribution is -2.52. The second-order valence-electron chi connectivity index (χ2n) is 12.3. The average Bonchev–Trinajstić information content (AvgIpc) is 3.43. The first kappa shape index (κ1) is 33.7. The van der Waals surface area contributed by atoms with Gasteiger partial charge < -0.3 is 19.5 Å². The molecule has 3 N–H and O–H groups in total. The van der Waals surface area contributed by atoms with Gasteiger partial charge in [0.05, 0.1) is 45.7 Å². The molecule has 0 radical (unpaired) electrons. The van der Waals surface area contributed by atoms with Crippen LogP contribution in [0.25, 0.3) is 5.70 Å². The van der Waals surface area contributed by atoms with Gasteiger partial charge in [0.15, 0.2) is 11.4 Å². The Labute approximate surface area is 286 Å². The molecule has 1 fully saturated rings. The fourth-order valence-corrected chi connectivity index (χ4v) is 7.09. The molecule has 3 atom stereocenters. The number of fused-ring (bicyclic) bond motifs is 5. The highest BCUT2D eigenvalue weighted by Gasteiger charge is 2.48. The molecule has 4 aliphatic rings. The van der Waals surface area contributed by atoms with E-state index in [1.807, 2.05) is 0 Å². The van der Waals surface area contributed by atoms with Crippen LogP contribution in [0.5, 0.6) is 0 Å². The van der Waals surface area contributed by atoms with E-state index in [0.29, 0.717) is 77.7 Å². The smallest absolute Gasteiger partial charge is 0.412 e. The molecule has 2 aromatic carbocycles. The minimum Gasteiger partial charge on any atom is -0.453 e. The third-order valence-corrected chi connectivity index (χ3v) is 9.68. The number of hydrogen-bond donors (Lipinski definition) is 3. The van der Waals surface area contributed by atoms with Crippen molar-refractivity contribution in [2.75, 3.05) is 42.9 Å². The molecule has 15 heteroatoms. The van der Waals surface area contributed by atoms with Gasteiger partial charge in [-0.05, 0) is 56.0 Å². The predicted octanol–water partition coefficient (Wildman–Crippen LogP) is 6.84. The summed E-state index contributed by atoms with van der Waals surface area (Å²) >= 11 is 12.8. The molecule has 0 saturated carbocycles. The number of amides is 3. The Kier molecular flexibility index (Phi) is 9.64. The van der Waals surface area contributed by atoms with Crippen molar-refractivity contribution in [3.05, 3.63) is 57.3 Å². The van der Waals surface area contributed by atoms with E-state index in [1.165, 1.54) is 13.2 Å². The van der Waals surface area contributed by atoms with Crippen molar-refractivity contribution in [1.82, 2.24) is 4.90 Å². The summed E-state index contributed by atoms with van der Waals surface area (Å²) in [4.78, 5) is 57.7. The first-order chi connectivity index (χ1) is 23.0. The molecule has 1 saturated heterocycles. The van der Waals surface area contributed by atoms with Crippen LogP contribution in [0.4, 0.5) is 31.0 Å². The third-order valence-electron chi connectivity index (χ3n) is 9.08. The molecule has 4 aliphatic heterocycles. The Morgan fingerprint density at radius 3 is 2.75 bits per heavy atom. The maximum Gasteiger partial charge on any atom is 0.412 e. The molecular weight excluding hydrogens is 668 g/mol. The lowest BCUT2D eigenvalue weighted by Gasteiger charge is -2.44. The largest absolute Gasteiger partial charge is 0.453 e. The summed E-state index contributed by atoms with van der Waals surface area (Å²) in [5.41, 5.74) is 1.43. The first-order valence-electron chi connectivity index (χ1n) is 15.6. The molecule has 254 valence electrons. The number of rotatable bonds is 4. The van der Waals surface area contributed by atoms with Gasteiger partial charge in [-0.1, -0.05) is 36.5 Å². The zero-order valence-corrected chi connectivity index (χ0v) is 27.8. The quantitative estimate of drug-likeness (QED) is 0.232. The summed E-state index contributed by atoms with van der Waals surface area (Å²) in [5.74, 6) is -2.53. The van der Waals surface area contributed by atoms with E-state index < -0.39 is 35.5 Å². The highest BCUT2D eigenvalue weighted by atomic mass is 35.5. The van der Waals surface area contributed by atoms with Gasteiger partial charge in [-0.15, -0.1) is 0 Å². The number of ether oxygens (including phenoxy) is 3. The number of carbonyl (C=O) groups is 4. The van der Waals surface area contributed by atoms with Crippen LogP contribution in [0.3, 0.4) is 0 Å².